The number of aliphatic imine (C=N–C) groups is 1. The molecule has 0 fully saturated rings. The molecular formula is C19H27N3O2S. The zero-order valence-electron chi connectivity index (χ0n) is 15.2. The van der Waals surface area contributed by atoms with Crippen molar-refractivity contribution in [2.75, 3.05) is 33.8 Å². The second-order valence-electron chi connectivity index (χ2n) is 5.74. The second-order valence-corrected chi connectivity index (χ2v) is 6.78. The second kappa shape index (κ2) is 9.93. The number of hydrogen-bond donors (Lipinski definition) is 2. The first-order valence-electron chi connectivity index (χ1n) is 8.51. The number of methoxy groups -OCH3 is 1. The number of benzene rings is 1. The lowest BCUT2D eigenvalue weighted by Gasteiger charge is -2.21. The summed E-state index contributed by atoms with van der Waals surface area (Å²) in [5, 5.41) is 15.1. The number of guanidine groups is 1. The van der Waals surface area contributed by atoms with E-state index in [-0.39, 0.29) is 5.75 Å². The molecule has 2 N–H and O–H groups in total. The Labute approximate surface area is 154 Å². The van der Waals surface area contributed by atoms with E-state index in [9.17, 15) is 5.11 Å². The zero-order valence-corrected chi connectivity index (χ0v) is 16.0. The normalized spacial score (nSPS) is 11.4. The SMILES string of the molecule is CCNC(=NCCc1ccc(O)c(OC)c1)N(C)CCc1cccs1. The zero-order chi connectivity index (χ0) is 18.1. The van der Waals surface area contributed by atoms with Crippen molar-refractivity contribution in [3.8, 4) is 11.5 Å². The summed E-state index contributed by atoms with van der Waals surface area (Å²) >= 11 is 1.79. The quantitative estimate of drug-likeness (QED) is 0.560. The Morgan fingerprint density at radius 3 is 2.84 bits per heavy atom. The maximum atomic E-state index is 9.66. The van der Waals surface area contributed by atoms with Crippen LogP contribution < -0.4 is 10.1 Å². The van der Waals surface area contributed by atoms with Crippen molar-refractivity contribution in [3.63, 3.8) is 0 Å². The summed E-state index contributed by atoms with van der Waals surface area (Å²) in [6.07, 6.45) is 1.82. The number of hydrogen-bond acceptors (Lipinski definition) is 4. The number of ether oxygens (including phenoxy) is 1. The first-order chi connectivity index (χ1) is 12.1. The van der Waals surface area contributed by atoms with Gasteiger partial charge in [0.1, 0.15) is 0 Å². The number of nitrogens with one attached hydrogen (secondary N) is 1. The van der Waals surface area contributed by atoms with E-state index in [2.05, 4.69) is 41.7 Å². The van der Waals surface area contributed by atoms with Gasteiger partial charge < -0.3 is 20.1 Å². The number of phenolic OH excluding ortho intramolecular Hbond substituents is 1. The van der Waals surface area contributed by atoms with Gasteiger partial charge >= 0.3 is 0 Å². The van der Waals surface area contributed by atoms with E-state index >= 15 is 0 Å². The smallest absolute Gasteiger partial charge is 0.193 e. The number of phenols is 1. The van der Waals surface area contributed by atoms with E-state index in [0.717, 1.165) is 37.5 Å². The average molecular weight is 362 g/mol. The van der Waals surface area contributed by atoms with Crippen molar-refractivity contribution in [1.82, 2.24) is 10.2 Å². The molecule has 2 rings (SSSR count). The highest BCUT2D eigenvalue weighted by Gasteiger charge is 2.07. The van der Waals surface area contributed by atoms with Gasteiger partial charge in [-0.15, -0.1) is 11.3 Å². The molecule has 0 spiro atoms. The van der Waals surface area contributed by atoms with E-state index in [1.54, 1.807) is 24.5 Å². The molecule has 1 heterocycles. The van der Waals surface area contributed by atoms with Crippen LogP contribution in [0.2, 0.25) is 0 Å². The van der Waals surface area contributed by atoms with Crippen LogP contribution in [0.4, 0.5) is 0 Å². The number of likely N-dealkylation sites (N-methyl/N-ethyl adjacent to an activating group) is 1. The van der Waals surface area contributed by atoms with E-state index in [0.29, 0.717) is 12.3 Å². The van der Waals surface area contributed by atoms with Crippen LogP contribution in [0.5, 0.6) is 11.5 Å². The summed E-state index contributed by atoms with van der Waals surface area (Å²) in [5.41, 5.74) is 1.09. The monoisotopic (exact) mass is 361 g/mol. The van der Waals surface area contributed by atoms with E-state index < -0.39 is 0 Å². The summed E-state index contributed by atoms with van der Waals surface area (Å²) in [6, 6.07) is 9.68. The molecule has 0 radical (unpaired) electrons. The summed E-state index contributed by atoms with van der Waals surface area (Å²) in [4.78, 5) is 8.27. The highest BCUT2D eigenvalue weighted by Crippen LogP contribution is 2.26. The minimum atomic E-state index is 0.163. The summed E-state index contributed by atoms with van der Waals surface area (Å²) < 4.78 is 5.15. The predicted octanol–water partition coefficient (Wildman–Crippen LogP) is 3.14. The molecule has 0 saturated carbocycles. The van der Waals surface area contributed by atoms with Crippen LogP contribution in [0.1, 0.15) is 17.4 Å². The molecule has 1 aromatic heterocycles. The predicted molar refractivity (Wildman–Crippen MR) is 105 cm³/mol. The molecule has 0 aliphatic heterocycles. The Kier molecular flexibility index (Phi) is 7.60. The van der Waals surface area contributed by atoms with E-state index in [1.165, 1.54) is 4.88 Å². The average Bonchev–Trinajstić information content (AvgIpc) is 3.14. The van der Waals surface area contributed by atoms with Gasteiger partial charge in [0, 0.05) is 31.6 Å². The van der Waals surface area contributed by atoms with Crippen molar-refractivity contribution in [3.05, 3.63) is 46.2 Å². The molecule has 0 aliphatic rings. The lowest BCUT2D eigenvalue weighted by Crippen LogP contribution is -2.40. The van der Waals surface area contributed by atoms with E-state index in [4.69, 9.17) is 9.73 Å². The Morgan fingerprint density at radius 2 is 2.16 bits per heavy atom. The van der Waals surface area contributed by atoms with Gasteiger partial charge in [-0.25, -0.2) is 0 Å². The van der Waals surface area contributed by atoms with Crippen LogP contribution in [0.15, 0.2) is 40.7 Å². The van der Waals surface area contributed by atoms with Crippen LogP contribution in [0.3, 0.4) is 0 Å². The molecule has 0 amide bonds. The summed E-state index contributed by atoms with van der Waals surface area (Å²) in [7, 11) is 3.63. The number of rotatable bonds is 8. The first kappa shape index (κ1) is 19.1. The molecule has 136 valence electrons. The minimum absolute atomic E-state index is 0.163. The Bertz CT molecular complexity index is 671. The van der Waals surface area contributed by atoms with Crippen molar-refractivity contribution < 1.29 is 9.84 Å². The molecule has 0 aliphatic carbocycles. The van der Waals surface area contributed by atoms with Gasteiger partial charge in [-0.05, 0) is 48.9 Å². The van der Waals surface area contributed by atoms with Gasteiger partial charge in [-0.2, -0.15) is 0 Å². The van der Waals surface area contributed by atoms with Gasteiger partial charge in [0.15, 0.2) is 17.5 Å². The van der Waals surface area contributed by atoms with Crippen LogP contribution in [-0.2, 0) is 12.8 Å². The lowest BCUT2D eigenvalue weighted by molar-refractivity contribution is 0.373. The topological polar surface area (TPSA) is 57.1 Å². The fourth-order valence-corrected chi connectivity index (χ4v) is 3.17. The number of thiophene rings is 1. The van der Waals surface area contributed by atoms with Crippen molar-refractivity contribution >= 4 is 17.3 Å². The lowest BCUT2D eigenvalue weighted by atomic mass is 10.1. The number of nitrogens with zero attached hydrogens (tertiary/aromatic N) is 2. The van der Waals surface area contributed by atoms with Gasteiger partial charge in [-0.1, -0.05) is 12.1 Å². The van der Waals surface area contributed by atoms with Crippen molar-refractivity contribution in [2.24, 2.45) is 4.99 Å². The molecule has 5 nitrogen and oxygen atoms in total. The summed E-state index contributed by atoms with van der Waals surface area (Å²) in [5.74, 6) is 1.59. The molecule has 6 heteroatoms. The summed E-state index contributed by atoms with van der Waals surface area (Å²) in [6.45, 7) is 4.53. The van der Waals surface area contributed by atoms with Crippen molar-refractivity contribution in [1.29, 1.82) is 0 Å². The molecule has 0 bridgehead atoms. The Hall–Kier alpha value is -2.21. The van der Waals surface area contributed by atoms with Gasteiger partial charge in [-0.3, -0.25) is 4.99 Å². The maximum Gasteiger partial charge on any atom is 0.193 e. The third-order valence-corrected chi connectivity index (χ3v) is 4.81. The molecule has 1 aromatic carbocycles. The van der Waals surface area contributed by atoms with Gasteiger partial charge in [0.05, 0.1) is 7.11 Å². The molecule has 25 heavy (non-hydrogen) atoms. The largest absolute Gasteiger partial charge is 0.504 e. The number of aromatic hydroxyl groups is 1. The highest BCUT2D eigenvalue weighted by atomic mass is 32.1. The minimum Gasteiger partial charge on any atom is -0.504 e. The van der Waals surface area contributed by atoms with Crippen LogP contribution >= 0.6 is 11.3 Å². The molecule has 0 unspecified atom stereocenters. The highest BCUT2D eigenvalue weighted by molar-refractivity contribution is 7.09. The third kappa shape index (κ3) is 5.98. The van der Waals surface area contributed by atoms with Crippen LogP contribution in [-0.4, -0.2) is 49.8 Å². The Balaban J connectivity index is 1.91. The van der Waals surface area contributed by atoms with Crippen molar-refractivity contribution in [2.45, 2.75) is 19.8 Å². The van der Waals surface area contributed by atoms with Crippen LogP contribution in [0, 0.1) is 0 Å². The Morgan fingerprint density at radius 1 is 1.32 bits per heavy atom. The van der Waals surface area contributed by atoms with Crippen LogP contribution in [0.25, 0.3) is 0 Å². The molecular weight excluding hydrogens is 334 g/mol. The molecule has 2 aromatic rings. The third-order valence-electron chi connectivity index (χ3n) is 3.88. The first-order valence-corrected chi connectivity index (χ1v) is 9.39. The standard InChI is InChI=1S/C19H27N3O2S/c1-4-20-19(22(2)12-10-16-6-5-13-25-16)21-11-9-15-7-8-17(23)18(14-15)24-3/h5-8,13-14,23H,4,9-12H2,1-3H3,(H,20,21). The maximum absolute atomic E-state index is 9.66. The van der Waals surface area contributed by atoms with E-state index in [1.807, 2.05) is 12.1 Å². The molecule has 0 saturated heterocycles. The fraction of sp³-hybridized carbons (Fsp3) is 0.421. The fourth-order valence-electron chi connectivity index (χ4n) is 2.48. The molecule has 0 atom stereocenters. The van der Waals surface area contributed by atoms with Gasteiger partial charge in [0.25, 0.3) is 0 Å². The van der Waals surface area contributed by atoms with Gasteiger partial charge in [0.2, 0.25) is 0 Å².